The Labute approximate surface area is 88.5 Å². The Morgan fingerprint density at radius 2 is 2.20 bits per heavy atom. The minimum Gasteiger partial charge on any atom is -0.381 e. The number of pyridine rings is 1. The van der Waals surface area contributed by atoms with E-state index in [1.54, 1.807) is 12.3 Å². The average molecular weight is 210 g/mol. The lowest BCUT2D eigenvalue weighted by atomic mass is 9.88. The summed E-state index contributed by atoms with van der Waals surface area (Å²) in [6, 6.07) is 1.42. The van der Waals surface area contributed by atoms with E-state index in [0.717, 1.165) is 26.1 Å². The van der Waals surface area contributed by atoms with E-state index < -0.39 is 0 Å². The zero-order chi connectivity index (χ0) is 10.7. The van der Waals surface area contributed by atoms with Gasteiger partial charge in [0.25, 0.3) is 0 Å². The first-order chi connectivity index (χ1) is 7.29. The van der Waals surface area contributed by atoms with Gasteiger partial charge < -0.3 is 10.5 Å². The lowest BCUT2D eigenvalue weighted by Gasteiger charge is -2.27. The molecule has 0 amide bonds. The Bertz CT molecular complexity index is 326. The number of hydrogen-bond donors (Lipinski definition) is 1. The van der Waals surface area contributed by atoms with Gasteiger partial charge in [0.05, 0.1) is 6.20 Å². The zero-order valence-electron chi connectivity index (χ0n) is 8.53. The third-order valence-corrected chi connectivity index (χ3v) is 2.94. The molecule has 1 fully saturated rings. The second-order valence-electron chi connectivity index (χ2n) is 3.87. The van der Waals surface area contributed by atoms with Crippen LogP contribution < -0.4 is 5.73 Å². The van der Waals surface area contributed by atoms with E-state index in [4.69, 9.17) is 10.5 Å². The van der Waals surface area contributed by atoms with Crippen LogP contribution in [0, 0.1) is 11.7 Å². The van der Waals surface area contributed by atoms with Crippen LogP contribution in [0.1, 0.15) is 24.4 Å². The highest BCUT2D eigenvalue weighted by Gasteiger charge is 2.24. The molecule has 0 bridgehead atoms. The van der Waals surface area contributed by atoms with Crippen molar-refractivity contribution in [2.75, 3.05) is 13.2 Å². The SMILES string of the molecule is NC(c1ccncc1F)C1CCOCC1. The maximum absolute atomic E-state index is 13.4. The molecule has 0 aromatic carbocycles. The fourth-order valence-electron chi connectivity index (χ4n) is 1.99. The Morgan fingerprint density at radius 1 is 1.47 bits per heavy atom. The number of nitrogens with zero attached hydrogens (tertiary/aromatic N) is 1. The first-order valence-electron chi connectivity index (χ1n) is 5.22. The van der Waals surface area contributed by atoms with Crippen LogP contribution in [0.2, 0.25) is 0 Å². The molecule has 1 aromatic heterocycles. The monoisotopic (exact) mass is 210 g/mol. The molecule has 82 valence electrons. The molecule has 0 aliphatic carbocycles. The molecule has 1 unspecified atom stereocenters. The van der Waals surface area contributed by atoms with Crippen LogP contribution in [0.3, 0.4) is 0 Å². The molecule has 1 aromatic rings. The molecule has 3 nitrogen and oxygen atoms in total. The van der Waals surface area contributed by atoms with E-state index in [0.29, 0.717) is 11.5 Å². The fraction of sp³-hybridized carbons (Fsp3) is 0.545. The molecule has 2 rings (SSSR count). The van der Waals surface area contributed by atoms with Gasteiger partial charge in [-0.25, -0.2) is 4.39 Å². The summed E-state index contributed by atoms with van der Waals surface area (Å²) in [5.41, 5.74) is 6.61. The second kappa shape index (κ2) is 4.68. The largest absolute Gasteiger partial charge is 0.381 e. The second-order valence-corrected chi connectivity index (χ2v) is 3.87. The van der Waals surface area contributed by atoms with Gasteiger partial charge in [0.1, 0.15) is 5.82 Å². The van der Waals surface area contributed by atoms with E-state index in [1.807, 2.05) is 0 Å². The van der Waals surface area contributed by atoms with E-state index in [1.165, 1.54) is 6.20 Å². The smallest absolute Gasteiger partial charge is 0.146 e. The number of halogens is 1. The van der Waals surface area contributed by atoms with Crippen molar-refractivity contribution in [3.8, 4) is 0 Å². The van der Waals surface area contributed by atoms with Crippen LogP contribution >= 0.6 is 0 Å². The predicted octanol–water partition coefficient (Wildman–Crippen LogP) is 1.65. The summed E-state index contributed by atoms with van der Waals surface area (Å²) in [5, 5.41) is 0. The number of rotatable bonds is 2. The van der Waals surface area contributed by atoms with Crippen molar-refractivity contribution < 1.29 is 9.13 Å². The molecule has 15 heavy (non-hydrogen) atoms. The van der Waals surface area contributed by atoms with Gasteiger partial charge in [-0.05, 0) is 24.8 Å². The molecule has 0 radical (unpaired) electrons. The molecule has 1 aliphatic rings. The van der Waals surface area contributed by atoms with Crippen LogP contribution in [0.15, 0.2) is 18.5 Å². The van der Waals surface area contributed by atoms with Gasteiger partial charge in [-0.2, -0.15) is 0 Å². The minimum absolute atomic E-state index is 0.239. The normalized spacial score (nSPS) is 20.1. The van der Waals surface area contributed by atoms with Crippen LogP contribution in [0.4, 0.5) is 4.39 Å². The highest BCUT2D eigenvalue weighted by atomic mass is 19.1. The molecule has 4 heteroatoms. The predicted molar refractivity (Wildman–Crippen MR) is 54.7 cm³/mol. The van der Waals surface area contributed by atoms with Crippen molar-refractivity contribution in [2.24, 2.45) is 11.7 Å². The quantitative estimate of drug-likeness (QED) is 0.807. The first-order valence-corrected chi connectivity index (χ1v) is 5.22. The molecule has 2 N–H and O–H groups in total. The average Bonchev–Trinajstić information content (AvgIpc) is 2.30. The summed E-state index contributed by atoms with van der Waals surface area (Å²) in [6.45, 7) is 1.45. The van der Waals surface area contributed by atoms with Gasteiger partial charge in [-0.1, -0.05) is 0 Å². The summed E-state index contributed by atoms with van der Waals surface area (Å²) in [6.07, 6.45) is 4.61. The zero-order valence-corrected chi connectivity index (χ0v) is 8.53. The topological polar surface area (TPSA) is 48.1 Å². The van der Waals surface area contributed by atoms with Crippen molar-refractivity contribution >= 4 is 0 Å². The molecule has 0 spiro atoms. The summed E-state index contributed by atoms with van der Waals surface area (Å²) in [4.78, 5) is 3.72. The summed E-state index contributed by atoms with van der Waals surface area (Å²) >= 11 is 0. The summed E-state index contributed by atoms with van der Waals surface area (Å²) < 4.78 is 18.7. The number of nitrogens with two attached hydrogens (primary N) is 1. The fourth-order valence-corrected chi connectivity index (χ4v) is 1.99. The summed E-state index contributed by atoms with van der Waals surface area (Å²) in [7, 11) is 0. The van der Waals surface area contributed by atoms with E-state index in [9.17, 15) is 4.39 Å². The van der Waals surface area contributed by atoms with Crippen molar-refractivity contribution in [1.29, 1.82) is 0 Å². The van der Waals surface area contributed by atoms with Gasteiger partial charge in [0, 0.05) is 31.0 Å². The molecule has 1 saturated heterocycles. The third kappa shape index (κ3) is 2.33. The maximum atomic E-state index is 13.4. The van der Waals surface area contributed by atoms with E-state index >= 15 is 0 Å². The van der Waals surface area contributed by atoms with E-state index in [2.05, 4.69) is 4.98 Å². The van der Waals surface area contributed by atoms with Crippen molar-refractivity contribution in [1.82, 2.24) is 4.98 Å². The van der Waals surface area contributed by atoms with Crippen LogP contribution in [0.25, 0.3) is 0 Å². The van der Waals surface area contributed by atoms with Crippen molar-refractivity contribution in [3.63, 3.8) is 0 Å². The maximum Gasteiger partial charge on any atom is 0.146 e. The number of hydrogen-bond acceptors (Lipinski definition) is 3. The van der Waals surface area contributed by atoms with Crippen LogP contribution in [-0.4, -0.2) is 18.2 Å². The number of ether oxygens (including phenoxy) is 1. The molecule has 1 aliphatic heterocycles. The molecular weight excluding hydrogens is 195 g/mol. The number of aromatic nitrogens is 1. The van der Waals surface area contributed by atoms with Crippen LogP contribution in [0.5, 0.6) is 0 Å². The third-order valence-electron chi connectivity index (χ3n) is 2.94. The standard InChI is InChI=1S/C11H15FN2O/c12-10-7-14-4-1-9(10)11(13)8-2-5-15-6-3-8/h1,4,7-8,11H,2-3,5-6,13H2. The Morgan fingerprint density at radius 3 is 2.87 bits per heavy atom. The molecule has 1 atom stereocenters. The lowest BCUT2D eigenvalue weighted by Crippen LogP contribution is -2.28. The van der Waals surface area contributed by atoms with Gasteiger partial charge in [0.2, 0.25) is 0 Å². The Hall–Kier alpha value is -1.00. The minimum atomic E-state index is -0.309. The Kier molecular flexibility index (Phi) is 3.28. The molecule has 2 heterocycles. The molecular formula is C11H15FN2O. The first kappa shape index (κ1) is 10.5. The van der Waals surface area contributed by atoms with Crippen molar-refractivity contribution in [3.05, 3.63) is 29.8 Å². The lowest BCUT2D eigenvalue weighted by molar-refractivity contribution is 0.0580. The van der Waals surface area contributed by atoms with E-state index in [-0.39, 0.29) is 11.9 Å². The highest BCUT2D eigenvalue weighted by molar-refractivity contribution is 5.17. The Balaban J connectivity index is 2.12. The van der Waals surface area contributed by atoms with Crippen LogP contribution in [-0.2, 0) is 4.74 Å². The highest BCUT2D eigenvalue weighted by Crippen LogP contribution is 2.28. The molecule has 0 saturated carbocycles. The van der Waals surface area contributed by atoms with Gasteiger partial charge in [-0.15, -0.1) is 0 Å². The van der Waals surface area contributed by atoms with Gasteiger partial charge in [0.15, 0.2) is 0 Å². The summed E-state index contributed by atoms with van der Waals surface area (Å²) in [5.74, 6) is 0.00661. The van der Waals surface area contributed by atoms with Gasteiger partial charge in [-0.3, -0.25) is 4.98 Å². The van der Waals surface area contributed by atoms with Gasteiger partial charge >= 0.3 is 0 Å². The van der Waals surface area contributed by atoms with Crippen molar-refractivity contribution in [2.45, 2.75) is 18.9 Å².